The van der Waals surface area contributed by atoms with Crippen LogP contribution in [0.4, 0.5) is 8.78 Å². The highest BCUT2D eigenvalue weighted by Gasteiger charge is 2.51. The van der Waals surface area contributed by atoms with Gasteiger partial charge in [0, 0.05) is 12.5 Å². The minimum absolute atomic E-state index is 0.00670. The fourth-order valence-corrected chi connectivity index (χ4v) is 1.91. The maximum absolute atomic E-state index is 13.1. The second kappa shape index (κ2) is 6.05. The molecular formula is C16H25BF2O2. The van der Waals surface area contributed by atoms with Gasteiger partial charge >= 0.3 is 7.12 Å². The van der Waals surface area contributed by atoms with Gasteiger partial charge in [-0.2, -0.15) is 0 Å². The standard InChI is InChI=1S/C14H19BF2O2.C2H6/c1-12(2)13(3,4)19-15(18-12)11-8-6-10(7-9-11)14(5,16)17;1-2/h6-9H,1-5H3;1-2H3. The molecule has 2 rings (SSSR count). The van der Waals surface area contributed by atoms with Gasteiger partial charge in [0.15, 0.2) is 0 Å². The largest absolute Gasteiger partial charge is 0.494 e. The molecule has 1 aromatic carbocycles. The van der Waals surface area contributed by atoms with Crippen LogP contribution in [0.1, 0.15) is 54.0 Å². The van der Waals surface area contributed by atoms with Crippen molar-refractivity contribution in [1.29, 1.82) is 0 Å². The van der Waals surface area contributed by atoms with Crippen molar-refractivity contribution in [3.8, 4) is 0 Å². The zero-order chi connectivity index (χ0) is 16.5. The highest BCUT2D eigenvalue weighted by atomic mass is 19.3. The molecule has 1 fully saturated rings. The van der Waals surface area contributed by atoms with Gasteiger partial charge in [0.2, 0.25) is 0 Å². The molecule has 1 heterocycles. The van der Waals surface area contributed by atoms with E-state index in [1.807, 2.05) is 41.5 Å². The summed E-state index contributed by atoms with van der Waals surface area (Å²) in [6.45, 7) is 12.7. The molecule has 0 aromatic heterocycles. The van der Waals surface area contributed by atoms with Gasteiger partial charge in [0.1, 0.15) is 0 Å². The second-order valence-electron chi connectivity index (χ2n) is 6.10. The molecule has 1 aromatic rings. The summed E-state index contributed by atoms with van der Waals surface area (Å²) in [7, 11) is -0.510. The molecule has 21 heavy (non-hydrogen) atoms. The third-order valence-electron chi connectivity index (χ3n) is 3.94. The Morgan fingerprint density at radius 2 is 1.29 bits per heavy atom. The van der Waals surface area contributed by atoms with E-state index >= 15 is 0 Å². The summed E-state index contributed by atoms with van der Waals surface area (Å²) in [4.78, 5) is 0. The molecule has 0 saturated carbocycles. The van der Waals surface area contributed by atoms with E-state index in [0.29, 0.717) is 0 Å². The third kappa shape index (κ3) is 3.83. The van der Waals surface area contributed by atoms with Gasteiger partial charge in [-0.1, -0.05) is 38.1 Å². The maximum atomic E-state index is 13.1. The molecule has 0 aliphatic carbocycles. The SMILES string of the molecule is CC.CC(F)(F)c1ccc(B2OC(C)(C)C(C)(C)O2)cc1. The first-order valence-corrected chi connectivity index (χ1v) is 7.37. The topological polar surface area (TPSA) is 18.5 Å². The van der Waals surface area contributed by atoms with E-state index < -0.39 is 24.2 Å². The molecule has 118 valence electrons. The first-order valence-electron chi connectivity index (χ1n) is 7.37. The van der Waals surface area contributed by atoms with Crippen molar-refractivity contribution in [2.75, 3.05) is 0 Å². The Kier molecular flexibility index (Phi) is 5.22. The number of hydrogen-bond donors (Lipinski definition) is 0. The maximum Gasteiger partial charge on any atom is 0.494 e. The van der Waals surface area contributed by atoms with Crippen LogP contribution in [-0.2, 0) is 15.2 Å². The average molecular weight is 298 g/mol. The highest BCUT2D eigenvalue weighted by Crippen LogP contribution is 2.36. The van der Waals surface area contributed by atoms with Crippen LogP contribution in [0.5, 0.6) is 0 Å². The van der Waals surface area contributed by atoms with Gasteiger partial charge in [0.05, 0.1) is 11.2 Å². The van der Waals surface area contributed by atoms with Crippen molar-refractivity contribution >= 4 is 12.6 Å². The fraction of sp³-hybridized carbons (Fsp3) is 0.625. The molecule has 0 unspecified atom stereocenters. The monoisotopic (exact) mass is 298 g/mol. The average Bonchev–Trinajstić information content (AvgIpc) is 2.60. The number of hydrogen-bond acceptors (Lipinski definition) is 2. The van der Waals surface area contributed by atoms with Crippen molar-refractivity contribution in [2.45, 2.75) is 65.6 Å². The summed E-state index contributed by atoms with van der Waals surface area (Å²) in [5, 5.41) is 0. The van der Waals surface area contributed by atoms with Crippen LogP contribution in [0.3, 0.4) is 0 Å². The first-order chi connectivity index (χ1) is 9.53. The lowest BCUT2D eigenvalue weighted by Gasteiger charge is -2.32. The van der Waals surface area contributed by atoms with Crippen molar-refractivity contribution in [3.63, 3.8) is 0 Å². The van der Waals surface area contributed by atoms with Crippen LogP contribution in [0, 0.1) is 0 Å². The highest BCUT2D eigenvalue weighted by molar-refractivity contribution is 6.62. The minimum Gasteiger partial charge on any atom is -0.399 e. The Morgan fingerprint density at radius 3 is 1.62 bits per heavy atom. The summed E-state index contributed by atoms with van der Waals surface area (Å²) in [6.07, 6.45) is 0. The molecule has 1 saturated heterocycles. The molecule has 0 radical (unpaired) electrons. The number of alkyl halides is 2. The summed E-state index contributed by atoms with van der Waals surface area (Å²) in [5.74, 6) is -2.82. The van der Waals surface area contributed by atoms with Crippen molar-refractivity contribution in [1.82, 2.24) is 0 Å². The summed E-state index contributed by atoms with van der Waals surface area (Å²) < 4.78 is 38.0. The summed E-state index contributed by atoms with van der Waals surface area (Å²) >= 11 is 0. The van der Waals surface area contributed by atoms with Gasteiger partial charge < -0.3 is 9.31 Å². The van der Waals surface area contributed by atoms with Crippen LogP contribution >= 0.6 is 0 Å². The summed E-state index contributed by atoms with van der Waals surface area (Å²) in [6, 6.07) is 6.10. The van der Waals surface area contributed by atoms with Crippen molar-refractivity contribution in [2.24, 2.45) is 0 Å². The van der Waals surface area contributed by atoms with Gasteiger partial charge in [-0.25, -0.2) is 8.78 Å². The predicted molar refractivity (Wildman–Crippen MR) is 83.1 cm³/mol. The Balaban J connectivity index is 0.00000106. The fourth-order valence-electron chi connectivity index (χ4n) is 1.91. The minimum atomic E-state index is -2.82. The van der Waals surface area contributed by atoms with E-state index in [-0.39, 0.29) is 5.56 Å². The molecule has 0 N–H and O–H groups in total. The zero-order valence-electron chi connectivity index (χ0n) is 14.0. The third-order valence-corrected chi connectivity index (χ3v) is 3.94. The zero-order valence-corrected chi connectivity index (χ0v) is 14.0. The Labute approximate surface area is 127 Å². The molecule has 2 nitrogen and oxygen atoms in total. The molecule has 0 spiro atoms. The normalized spacial score (nSPS) is 20.0. The molecule has 1 aliphatic heterocycles. The molecule has 0 bridgehead atoms. The van der Waals surface area contributed by atoms with E-state index in [4.69, 9.17) is 9.31 Å². The van der Waals surface area contributed by atoms with E-state index in [2.05, 4.69) is 0 Å². The lowest BCUT2D eigenvalue weighted by Crippen LogP contribution is -2.41. The molecule has 1 aliphatic rings. The lowest BCUT2D eigenvalue weighted by atomic mass is 9.78. The van der Waals surface area contributed by atoms with Crippen molar-refractivity contribution in [3.05, 3.63) is 29.8 Å². The number of benzene rings is 1. The second-order valence-corrected chi connectivity index (χ2v) is 6.10. The van der Waals surface area contributed by atoms with Gasteiger partial charge in [-0.3, -0.25) is 0 Å². The van der Waals surface area contributed by atoms with Gasteiger partial charge in [-0.05, 0) is 33.2 Å². The van der Waals surface area contributed by atoms with Crippen LogP contribution in [-0.4, -0.2) is 18.3 Å². The molecular weight excluding hydrogens is 273 g/mol. The molecule has 5 heteroatoms. The van der Waals surface area contributed by atoms with Gasteiger partial charge in [0.25, 0.3) is 5.92 Å². The van der Waals surface area contributed by atoms with Crippen LogP contribution in [0.15, 0.2) is 24.3 Å². The van der Waals surface area contributed by atoms with E-state index in [0.717, 1.165) is 12.4 Å². The van der Waals surface area contributed by atoms with E-state index in [1.54, 1.807) is 12.1 Å². The quantitative estimate of drug-likeness (QED) is 0.765. The number of rotatable bonds is 2. The predicted octanol–water partition coefficient (Wildman–Crippen LogP) is 4.12. The Morgan fingerprint density at radius 1 is 0.905 bits per heavy atom. The lowest BCUT2D eigenvalue weighted by molar-refractivity contribution is 0.00578. The summed E-state index contributed by atoms with van der Waals surface area (Å²) in [5.41, 5.74) is -0.102. The van der Waals surface area contributed by atoms with Crippen LogP contribution in [0.25, 0.3) is 0 Å². The molecule has 0 atom stereocenters. The number of halogens is 2. The Hall–Kier alpha value is -0.935. The first kappa shape index (κ1) is 18.1. The molecule has 0 amide bonds. The van der Waals surface area contributed by atoms with Crippen molar-refractivity contribution < 1.29 is 18.1 Å². The van der Waals surface area contributed by atoms with Crippen LogP contribution < -0.4 is 5.46 Å². The van der Waals surface area contributed by atoms with Gasteiger partial charge in [-0.15, -0.1) is 0 Å². The van der Waals surface area contributed by atoms with Crippen LogP contribution in [0.2, 0.25) is 0 Å². The smallest absolute Gasteiger partial charge is 0.399 e. The Bertz CT molecular complexity index is 448. The van der Waals surface area contributed by atoms with E-state index in [1.165, 1.54) is 12.1 Å². The van der Waals surface area contributed by atoms with E-state index in [9.17, 15) is 8.78 Å².